The van der Waals surface area contributed by atoms with E-state index in [4.69, 9.17) is 0 Å². The summed E-state index contributed by atoms with van der Waals surface area (Å²) in [5.74, 6) is 1.51. The van der Waals surface area contributed by atoms with Gasteiger partial charge in [-0.1, -0.05) is 25.6 Å². The van der Waals surface area contributed by atoms with Crippen LogP contribution in [0.5, 0.6) is 5.88 Å². The lowest BCUT2D eigenvalue weighted by atomic mass is 10.2. The van der Waals surface area contributed by atoms with E-state index in [-0.39, 0.29) is 23.8 Å². The summed E-state index contributed by atoms with van der Waals surface area (Å²) in [6, 6.07) is 0. The molecule has 0 aliphatic heterocycles. The molecule has 1 aromatic rings. The number of aromatic hydroxyl groups is 1. The average molecular weight is 354 g/mol. The Bertz CT molecular complexity index is 467. The van der Waals surface area contributed by atoms with Crippen LogP contribution in [0.2, 0.25) is 0 Å². The molecular formula is C13H24ClN3O2S2. The van der Waals surface area contributed by atoms with E-state index in [1.54, 1.807) is 11.8 Å². The summed E-state index contributed by atoms with van der Waals surface area (Å²) in [7, 11) is 0. The maximum absolute atomic E-state index is 11.9. The number of halogens is 1. The highest BCUT2D eigenvalue weighted by Crippen LogP contribution is 2.17. The molecule has 0 unspecified atom stereocenters. The second-order valence-corrected chi connectivity index (χ2v) is 6.36. The predicted octanol–water partition coefficient (Wildman–Crippen LogP) is 2.24. The molecule has 5 nitrogen and oxygen atoms in total. The first-order chi connectivity index (χ1) is 9.62. The van der Waals surface area contributed by atoms with Crippen LogP contribution in [0.3, 0.4) is 0 Å². The number of H-pyrrole nitrogens is 1. The van der Waals surface area contributed by atoms with Crippen molar-refractivity contribution < 1.29 is 5.11 Å². The van der Waals surface area contributed by atoms with Crippen LogP contribution in [-0.4, -0.2) is 57.4 Å². The van der Waals surface area contributed by atoms with Gasteiger partial charge in [0.15, 0.2) is 5.16 Å². The zero-order valence-corrected chi connectivity index (χ0v) is 15.2. The third-order valence-corrected chi connectivity index (χ3v) is 4.53. The highest BCUT2D eigenvalue weighted by atomic mass is 35.5. The molecule has 21 heavy (non-hydrogen) atoms. The summed E-state index contributed by atoms with van der Waals surface area (Å²) in [6.45, 7) is 7.22. The monoisotopic (exact) mass is 353 g/mol. The molecule has 0 spiro atoms. The second kappa shape index (κ2) is 11.2. The van der Waals surface area contributed by atoms with Crippen molar-refractivity contribution in [2.45, 2.75) is 25.4 Å². The minimum atomic E-state index is -0.225. The number of hydrogen-bond donors (Lipinski definition) is 2. The first-order valence-corrected chi connectivity index (χ1v) is 9.16. The van der Waals surface area contributed by atoms with E-state index in [0.29, 0.717) is 17.1 Å². The largest absolute Gasteiger partial charge is 0.493 e. The fraction of sp³-hybridized carbons (Fsp3) is 0.692. The predicted molar refractivity (Wildman–Crippen MR) is 94.4 cm³/mol. The van der Waals surface area contributed by atoms with E-state index in [2.05, 4.69) is 28.7 Å². The number of rotatable bonds is 9. The molecule has 0 aliphatic carbocycles. The topological polar surface area (TPSA) is 69.2 Å². The lowest BCUT2D eigenvalue weighted by Crippen LogP contribution is -2.25. The van der Waals surface area contributed by atoms with Gasteiger partial charge in [0.1, 0.15) is 0 Å². The molecule has 0 amide bonds. The Morgan fingerprint density at radius 1 is 1.29 bits per heavy atom. The van der Waals surface area contributed by atoms with Gasteiger partial charge in [0.05, 0.1) is 5.56 Å². The van der Waals surface area contributed by atoms with Crippen molar-refractivity contribution in [2.24, 2.45) is 0 Å². The van der Waals surface area contributed by atoms with Crippen molar-refractivity contribution in [1.82, 2.24) is 14.9 Å². The number of aromatic amines is 1. The molecule has 2 N–H and O–H groups in total. The minimum absolute atomic E-state index is 0. The third kappa shape index (κ3) is 6.95. The molecule has 122 valence electrons. The van der Waals surface area contributed by atoms with Crippen molar-refractivity contribution >= 4 is 35.9 Å². The highest BCUT2D eigenvalue weighted by molar-refractivity contribution is 7.99. The van der Waals surface area contributed by atoms with Gasteiger partial charge >= 0.3 is 0 Å². The Kier molecular flexibility index (Phi) is 11.0. The van der Waals surface area contributed by atoms with Crippen LogP contribution in [0.1, 0.15) is 19.4 Å². The molecular weight excluding hydrogens is 330 g/mol. The number of nitrogens with one attached hydrogen (secondary N) is 1. The quantitative estimate of drug-likeness (QED) is 0.524. The van der Waals surface area contributed by atoms with Gasteiger partial charge in [0.2, 0.25) is 5.88 Å². The van der Waals surface area contributed by atoms with E-state index in [0.717, 1.165) is 31.1 Å². The van der Waals surface area contributed by atoms with Crippen molar-refractivity contribution in [3.05, 3.63) is 15.9 Å². The van der Waals surface area contributed by atoms with Crippen LogP contribution in [-0.2, 0) is 6.42 Å². The molecule has 0 atom stereocenters. The lowest BCUT2D eigenvalue weighted by Gasteiger charge is -2.17. The molecule has 0 aromatic carbocycles. The van der Waals surface area contributed by atoms with Crippen molar-refractivity contribution in [1.29, 1.82) is 0 Å². The minimum Gasteiger partial charge on any atom is -0.493 e. The maximum Gasteiger partial charge on any atom is 0.258 e. The fourth-order valence-electron chi connectivity index (χ4n) is 1.77. The molecule has 0 radical (unpaired) electrons. The first-order valence-electron chi connectivity index (χ1n) is 6.78. The smallest absolute Gasteiger partial charge is 0.258 e. The van der Waals surface area contributed by atoms with Gasteiger partial charge in [-0.2, -0.15) is 16.7 Å². The van der Waals surface area contributed by atoms with Crippen molar-refractivity contribution in [3.8, 4) is 5.88 Å². The summed E-state index contributed by atoms with van der Waals surface area (Å²) in [6.07, 6.45) is 2.51. The van der Waals surface area contributed by atoms with Gasteiger partial charge in [0, 0.05) is 12.3 Å². The van der Waals surface area contributed by atoms with Crippen LogP contribution < -0.4 is 5.56 Å². The van der Waals surface area contributed by atoms with Crippen LogP contribution >= 0.6 is 35.9 Å². The number of nitrogens with zero attached hydrogens (tertiary/aromatic N) is 2. The van der Waals surface area contributed by atoms with Crippen LogP contribution in [0.15, 0.2) is 9.95 Å². The Morgan fingerprint density at radius 2 is 1.95 bits per heavy atom. The Morgan fingerprint density at radius 3 is 2.48 bits per heavy atom. The van der Waals surface area contributed by atoms with E-state index in [1.807, 2.05) is 6.26 Å². The highest BCUT2D eigenvalue weighted by Gasteiger charge is 2.11. The molecule has 0 bridgehead atoms. The Balaban J connectivity index is 0.00000400. The maximum atomic E-state index is 11.9. The zero-order valence-electron chi connectivity index (χ0n) is 12.7. The standard InChI is InChI=1S/C13H23N3O2S2.ClH/c1-4-16(5-2)7-9-20-13-14-11(17)10(6-8-19-3)12(18)15-13;/h4-9H2,1-3H3,(H2,14,15,17,18);1H. The van der Waals surface area contributed by atoms with E-state index >= 15 is 0 Å². The van der Waals surface area contributed by atoms with Crippen LogP contribution in [0.25, 0.3) is 0 Å². The Hall–Kier alpha value is -0.370. The molecule has 1 rings (SSSR count). The number of thioether (sulfide) groups is 2. The van der Waals surface area contributed by atoms with E-state index in [1.165, 1.54) is 11.8 Å². The molecule has 0 aliphatic rings. The van der Waals surface area contributed by atoms with Gasteiger partial charge in [-0.3, -0.25) is 4.79 Å². The number of aromatic nitrogens is 2. The van der Waals surface area contributed by atoms with Gasteiger partial charge < -0.3 is 15.0 Å². The first kappa shape index (κ1) is 20.6. The van der Waals surface area contributed by atoms with E-state index < -0.39 is 0 Å². The summed E-state index contributed by atoms with van der Waals surface area (Å²) >= 11 is 3.10. The fourth-order valence-corrected chi connectivity index (χ4v) is 3.04. The average Bonchev–Trinajstić information content (AvgIpc) is 2.43. The normalized spacial score (nSPS) is 10.7. The molecule has 0 saturated carbocycles. The molecule has 1 heterocycles. The Labute approximate surface area is 140 Å². The van der Waals surface area contributed by atoms with Crippen molar-refractivity contribution in [2.75, 3.05) is 37.4 Å². The molecule has 1 aromatic heterocycles. The summed E-state index contributed by atoms with van der Waals surface area (Å²) in [4.78, 5) is 21.0. The summed E-state index contributed by atoms with van der Waals surface area (Å²) < 4.78 is 0. The molecule has 0 fully saturated rings. The number of hydrogen-bond acceptors (Lipinski definition) is 6. The van der Waals surface area contributed by atoms with Gasteiger partial charge in [0.25, 0.3) is 5.56 Å². The SMILES string of the molecule is CCN(CC)CCSc1nc(O)c(CCSC)c(=O)[nH]1.Cl. The van der Waals surface area contributed by atoms with Gasteiger partial charge in [-0.25, -0.2) is 0 Å². The van der Waals surface area contributed by atoms with Gasteiger partial charge in [-0.15, -0.1) is 12.4 Å². The zero-order chi connectivity index (χ0) is 15.0. The van der Waals surface area contributed by atoms with Crippen molar-refractivity contribution in [3.63, 3.8) is 0 Å². The van der Waals surface area contributed by atoms with Gasteiger partial charge in [-0.05, 0) is 31.5 Å². The third-order valence-electron chi connectivity index (χ3n) is 3.07. The van der Waals surface area contributed by atoms with Crippen LogP contribution in [0.4, 0.5) is 0 Å². The van der Waals surface area contributed by atoms with E-state index in [9.17, 15) is 9.90 Å². The molecule has 8 heteroatoms. The lowest BCUT2D eigenvalue weighted by molar-refractivity contribution is 0.324. The summed E-state index contributed by atoms with van der Waals surface area (Å²) in [5, 5.41) is 10.3. The second-order valence-electron chi connectivity index (χ2n) is 4.29. The molecule has 0 saturated heterocycles. The summed E-state index contributed by atoms with van der Waals surface area (Å²) in [5.41, 5.74) is 0.157. The van der Waals surface area contributed by atoms with Crippen LogP contribution in [0, 0.1) is 0 Å².